The molecule has 4 bridgehead atoms. The maximum absolute atomic E-state index is 5.98. The number of rotatable bonds is 3. The summed E-state index contributed by atoms with van der Waals surface area (Å²) >= 11 is 0. The highest BCUT2D eigenvalue weighted by atomic mass is 15.3. The summed E-state index contributed by atoms with van der Waals surface area (Å²) in [5.74, 6) is 7.81. The molecular formula is C16H26N4. The molecule has 3 atom stereocenters. The molecule has 4 aliphatic carbocycles. The van der Waals surface area contributed by atoms with E-state index in [0.29, 0.717) is 10.8 Å². The molecule has 4 saturated carbocycles. The Morgan fingerprint density at radius 1 is 1.35 bits per heavy atom. The molecule has 0 aromatic carbocycles. The molecule has 0 saturated heterocycles. The Balaban J connectivity index is 1.72. The quantitative estimate of drug-likeness (QED) is 0.658. The van der Waals surface area contributed by atoms with E-state index in [1.165, 1.54) is 38.5 Å². The van der Waals surface area contributed by atoms with E-state index >= 15 is 0 Å². The van der Waals surface area contributed by atoms with Crippen molar-refractivity contribution < 1.29 is 0 Å². The number of hydrazine groups is 1. The third-order valence-corrected chi connectivity index (χ3v) is 6.21. The Kier molecular flexibility index (Phi) is 2.62. The molecule has 0 spiro atoms. The van der Waals surface area contributed by atoms with Gasteiger partial charge in [-0.25, -0.2) is 0 Å². The Labute approximate surface area is 121 Å². The molecule has 110 valence electrons. The van der Waals surface area contributed by atoms with Crippen LogP contribution in [0.1, 0.15) is 57.2 Å². The zero-order valence-electron chi connectivity index (χ0n) is 12.6. The van der Waals surface area contributed by atoms with Crippen LogP contribution in [0.25, 0.3) is 0 Å². The van der Waals surface area contributed by atoms with Crippen molar-refractivity contribution in [3.8, 4) is 0 Å². The number of nitrogens with two attached hydrogens (primary N) is 1. The number of hydrogen-bond donors (Lipinski definition) is 2. The monoisotopic (exact) mass is 274 g/mol. The van der Waals surface area contributed by atoms with Crippen molar-refractivity contribution in [2.45, 2.75) is 51.5 Å². The number of aromatic nitrogens is 2. The Morgan fingerprint density at radius 3 is 2.55 bits per heavy atom. The van der Waals surface area contributed by atoms with E-state index in [-0.39, 0.29) is 6.04 Å². The summed E-state index contributed by atoms with van der Waals surface area (Å²) in [5, 5.41) is 4.64. The lowest BCUT2D eigenvalue weighted by atomic mass is 9.43. The topological polar surface area (TPSA) is 55.9 Å². The minimum Gasteiger partial charge on any atom is -0.275 e. The first-order valence-corrected chi connectivity index (χ1v) is 7.98. The standard InChI is InChI=1S/C16H26N4/c1-15-6-11-5-12(7-15)9-16(8-11,10-15)14(18-17)13-3-4-20(2)19-13/h3-4,11-12,14,18H,5-10,17H2,1-2H3. The van der Waals surface area contributed by atoms with Gasteiger partial charge in [0.15, 0.2) is 0 Å². The van der Waals surface area contributed by atoms with Gasteiger partial charge in [-0.1, -0.05) is 6.92 Å². The predicted octanol–water partition coefficient (Wildman–Crippen LogP) is 2.53. The van der Waals surface area contributed by atoms with Crippen LogP contribution in [0, 0.1) is 22.7 Å². The van der Waals surface area contributed by atoms with E-state index in [2.05, 4.69) is 23.5 Å². The highest BCUT2D eigenvalue weighted by Gasteiger charge is 2.58. The lowest BCUT2D eigenvalue weighted by molar-refractivity contribution is -0.119. The number of aryl methyl sites for hydroxylation is 1. The molecule has 4 nitrogen and oxygen atoms in total. The van der Waals surface area contributed by atoms with Crippen molar-refractivity contribution >= 4 is 0 Å². The third kappa shape index (κ3) is 1.77. The first-order valence-electron chi connectivity index (χ1n) is 7.98. The van der Waals surface area contributed by atoms with Crippen LogP contribution in [0.4, 0.5) is 0 Å². The normalized spacial score (nSPS) is 44.0. The highest BCUT2D eigenvalue weighted by molar-refractivity contribution is 5.17. The minimum absolute atomic E-state index is 0.217. The summed E-state index contributed by atoms with van der Waals surface area (Å²) in [6, 6.07) is 2.35. The Morgan fingerprint density at radius 2 is 2.05 bits per heavy atom. The van der Waals surface area contributed by atoms with Crippen LogP contribution in [0.15, 0.2) is 12.3 Å². The molecule has 0 aliphatic heterocycles. The van der Waals surface area contributed by atoms with Crippen molar-refractivity contribution in [3.63, 3.8) is 0 Å². The van der Waals surface area contributed by atoms with Gasteiger partial charge in [-0.3, -0.25) is 16.0 Å². The van der Waals surface area contributed by atoms with E-state index in [0.717, 1.165) is 17.5 Å². The van der Waals surface area contributed by atoms with E-state index in [9.17, 15) is 0 Å². The van der Waals surface area contributed by atoms with Crippen molar-refractivity contribution in [1.29, 1.82) is 0 Å². The summed E-state index contributed by atoms with van der Waals surface area (Å²) in [7, 11) is 1.98. The van der Waals surface area contributed by atoms with E-state index in [1.807, 2.05) is 17.9 Å². The lowest BCUT2D eigenvalue weighted by Gasteiger charge is -2.63. The lowest BCUT2D eigenvalue weighted by Crippen LogP contribution is -2.56. The van der Waals surface area contributed by atoms with Crippen LogP contribution in [-0.4, -0.2) is 9.78 Å². The maximum Gasteiger partial charge on any atom is 0.0813 e. The third-order valence-electron chi connectivity index (χ3n) is 6.21. The number of nitrogens with one attached hydrogen (secondary N) is 1. The summed E-state index contributed by atoms with van der Waals surface area (Å²) in [6.45, 7) is 2.51. The van der Waals surface area contributed by atoms with Crippen molar-refractivity contribution in [3.05, 3.63) is 18.0 Å². The van der Waals surface area contributed by atoms with E-state index in [4.69, 9.17) is 5.84 Å². The van der Waals surface area contributed by atoms with E-state index < -0.39 is 0 Å². The molecule has 1 aromatic rings. The van der Waals surface area contributed by atoms with Gasteiger partial charge in [-0.05, 0) is 67.3 Å². The Bertz CT molecular complexity index is 506. The molecule has 20 heavy (non-hydrogen) atoms. The molecule has 4 heteroatoms. The van der Waals surface area contributed by atoms with Gasteiger partial charge >= 0.3 is 0 Å². The van der Waals surface area contributed by atoms with Gasteiger partial charge in [-0.15, -0.1) is 0 Å². The smallest absolute Gasteiger partial charge is 0.0813 e. The fraction of sp³-hybridized carbons (Fsp3) is 0.812. The van der Waals surface area contributed by atoms with Gasteiger partial charge in [0, 0.05) is 13.2 Å². The fourth-order valence-electron chi connectivity index (χ4n) is 6.30. The van der Waals surface area contributed by atoms with Crippen molar-refractivity contribution in [2.24, 2.45) is 35.6 Å². The van der Waals surface area contributed by atoms with Gasteiger partial charge < -0.3 is 0 Å². The number of nitrogens with zero attached hydrogens (tertiary/aromatic N) is 2. The summed E-state index contributed by atoms with van der Waals surface area (Å²) in [6.07, 6.45) is 10.3. The molecule has 3 unspecified atom stereocenters. The van der Waals surface area contributed by atoms with Gasteiger partial charge in [0.05, 0.1) is 11.7 Å². The number of hydrogen-bond acceptors (Lipinski definition) is 3. The first-order chi connectivity index (χ1) is 9.52. The second-order valence-electron chi connectivity index (χ2n) is 8.15. The predicted molar refractivity (Wildman–Crippen MR) is 78.5 cm³/mol. The molecule has 0 amide bonds. The molecule has 4 fully saturated rings. The zero-order valence-corrected chi connectivity index (χ0v) is 12.6. The van der Waals surface area contributed by atoms with Crippen LogP contribution in [0.2, 0.25) is 0 Å². The average Bonchev–Trinajstić information content (AvgIpc) is 2.72. The van der Waals surface area contributed by atoms with Crippen LogP contribution in [0.3, 0.4) is 0 Å². The second-order valence-corrected chi connectivity index (χ2v) is 8.15. The molecule has 1 aromatic heterocycles. The first kappa shape index (κ1) is 12.8. The molecule has 1 heterocycles. The Hall–Kier alpha value is -0.870. The molecular weight excluding hydrogens is 248 g/mol. The minimum atomic E-state index is 0.217. The summed E-state index contributed by atoms with van der Waals surface area (Å²) in [4.78, 5) is 0. The molecule has 3 N–H and O–H groups in total. The van der Waals surface area contributed by atoms with Crippen molar-refractivity contribution in [2.75, 3.05) is 0 Å². The average molecular weight is 274 g/mol. The summed E-state index contributed by atoms with van der Waals surface area (Å²) < 4.78 is 1.89. The zero-order chi connectivity index (χ0) is 14.0. The molecule has 4 aliphatic rings. The van der Waals surface area contributed by atoms with E-state index in [1.54, 1.807) is 0 Å². The van der Waals surface area contributed by atoms with Gasteiger partial charge in [0.1, 0.15) is 0 Å². The van der Waals surface area contributed by atoms with Crippen LogP contribution in [-0.2, 0) is 7.05 Å². The fourth-order valence-corrected chi connectivity index (χ4v) is 6.30. The SMILES string of the molecule is Cn1ccc(C(NN)C23CC4CC(CC(C)(C4)C2)C3)n1. The van der Waals surface area contributed by atoms with Crippen LogP contribution in [0.5, 0.6) is 0 Å². The maximum atomic E-state index is 5.98. The van der Waals surface area contributed by atoms with Gasteiger partial charge in [0.25, 0.3) is 0 Å². The largest absolute Gasteiger partial charge is 0.275 e. The van der Waals surface area contributed by atoms with Crippen LogP contribution < -0.4 is 11.3 Å². The second kappa shape index (κ2) is 4.08. The van der Waals surface area contributed by atoms with Gasteiger partial charge in [0.2, 0.25) is 0 Å². The van der Waals surface area contributed by atoms with Crippen LogP contribution >= 0.6 is 0 Å². The highest BCUT2D eigenvalue weighted by Crippen LogP contribution is 2.68. The molecule has 0 radical (unpaired) electrons. The van der Waals surface area contributed by atoms with Gasteiger partial charge in [-0.2, -0.15) is 5.10 Å². The summed E-state index contributed by atoms with van der Waals surface area (Å²) in [5.41, 5.74) is 5.14. The molecule has 5 rings (SSSR count). The van der Waals surface area contributed by atoms with Crippen molar-refractivity contribution in [1.82, 2.24) is 15.2 Å².